The predicted molar refractivity (Wildman–Crippen MR) is 101 cm³/mol. The SMILES string of the molecule is O=C(NCCOc1ccc(-c2ccc(F)cc2)nn1)Nc1ccc(F)c(C(F)(F)F)c1. The van der Waals surface area contributed by atoms with Crippen molar-refractivity contribution in [3.63, 3.8) is 0 Å². The molecule has 0 spiro atoms. The van der Waals surface area contributed by atoms with Crippen LogP contribution in [-0.2, 0) is 6.18 Å². The van der Waals surface area contributed by atoms with E-state index in [0.29, 0.717) is 23.4 Å². The molecule has 2 aromatic carbocycles. The Balaban J connectivity index is 1.45. The van der Waals surface area contributed by atoms with Crippen molar-refractivity contribution in [2.24, 2.45) is 0 Å². The molecule has 11 heteroatoms. The van der Waals surface area contributed by atoms with Crippen LogP contribution in [0.5, 0.6) is 5.88 Å². The molecule has 1 aromatic heterocycles. The number of rotatable bonds is 6. The second-order valence-electron chi connectivity index (χ2n) is 6.19. The summed E-state index contributed by atoms with van der Waals surface area (Å²) in [6, 6.07) is 10.2. The molecule has 31 heavy (non-hydrogen) atoms. The summed E-state index contributed by atoms with van der Waals surface area (Å²) in [6.07, 6.45) is -4.88. The van der Waals surface area contributed by atoms with Crippen molar-refractivity contribution in [2.75, 3.05) is 18.5 Å². The fourth-order valence-electron chi connectivity index (χ4n) is 2.49. The van der Waals surface area contributed by atoms with Crippen molar-refractivity contribution < 1.29 is 31.5 Å². The first-order valence-corrected chi connectivity index (χ1v) is 8.86. The highest BCUT2D eigenvalue weighted by molar-refractivity contribution is 5.89. The van der Waals surface area contributed by atoms with Crippen LogP contribution in [0.3, 0.4) is 0 Å². The van der Waals surface area contributed by atoms with E-state index < -0.39 is 23.6 Å². The lowest BCUT2D eigenvalue weighted by Gasteiger charge is -2.12. The summed E-state index contributed by atoms with van der Waals surface area (Å²) >= 11 is 0. The zero-order chi connectivity index (χ0) is 22.4. The summed E-state index contributed by atoms with van der Waals surface area (Å²) in [5.41, 5.74) is -0.499. The molecule has 1 heterocycles. The fraction of sp³-hybridized carbons (Fsp3) is 0.150. The number of carbonyl (C=O) groups is 1. The third-order valence-corrected chi connectivity index (χ3v) is 3.95. The number of benzene rings is 2. The van der Waals surface area contributed by atoms with Crippen molar-refractivity contribution in [3.05, 3.63) is 71.8 Å². The lowest BCUT2D eigenvalue weighted by atomic mass is 10.1. The normalized spacial score (nSPS) is 11.1. The zero-order valence-corrected chi connectivity index (χ0v) is 15.7. The van der Waals surface area contributed by atoms with Crippen LogP contribution in [0.15, 0.2) is 54.6 Å². The van der Waals surface area contributed by atoms with Crippen LogP contribution in [0, 0.1) is 11.6 Å². The van der Waals surface area contributed by atoms with E-state index in [2.05, 4.69) is 20.8 Å². The van der Waals surface area contributed by atoms with Crippen LogP contribution >= 0.6 is 0 Å². The van der Waals surface area contributed by atoms with E-state index >= 15 is 0 Å². The molecule has 0 unspecified atom stereocenters. The van der Waals surface area contributed by atoms with Crippen LogP contribution < -0.4 is 15.4 Å². The minimum absolute atomic E-state index is 0.00914. The monoisotopic (exact) mass is 438 g/mol. The molecular weight excluding hydrogens is 423 g/mol. The fourth-order valence-corrected chi connectivity index (χ4v) is 2.49. The highest BCUT2D eigenvalue weighted by atomic mass is 19.4. The van der Waals surface area contributed by atoms with E-state index in [-0.39, 0.29) is 30.5 Å². The van der Waals surface area contributed by atoms with E-state index in [4.69, 9.17) is 4.74 Å². The van der Waals surface area contributed by atoms with Gasteiger partial charge in [-0.1, -0.05) is 0 Å². The maximum atomic E-state index is 13.3. The van der Waals surface area contributed by atoms with Crippen LogP contribution in [0.25, 0.3) is 11.3 Å². The molecule has 0 aliphatic rings. The minimum atomic E-state index is -4.88. The number of aromatic nitrogens is 2. The Bertz CT molecular complexity index is 1040. The smallest absolute Gasteiger partial charge is 0.419 e. The molecule has 2 N–H and O–H groups in total. The highest BCUT2D eigenvalue weighted by Crippen LogP contribution is 2.32. The summed E-state index contributed by atoms with van der Waals surface area (Å²) in [4.78, 5) is 11.8. The van der Waals surface area contributed by atoms with Crippen molar-refractivity contribution in [1.82, 2.24) is 15.5 Å². The molecule has 0 atom stereocenters. The van der Waals surface area contributed by atoms with Gasteiger partial charge in [0.1, 0.15) is 18.2 Å². The number of nitrogens with zero attached hydrogens (tertiary/aromatic N) is 2. The Hall–Kier alpha value is -3.76. The summed E-state index contributed by atoms with van der Waals surface area (Å²) in [5, 5.41) is 12.4. The van der Waals surface area contributed by atoms with Crippen molar-refractivity contribution in [3.8, 4) is 17.1 Å². The molecule has 3 aromatic rings. The van der Waals surface area contributed by atoms with E-state index in [1.807, 2.05) is 0 Å². The van der Waals surface area contributed by atoms with Gasteiger partial charge in [0.2, 0.25) is 5.88 Å². The van der Waals surface area contributed by atoms with Crippen LogP contribution in [-0.4, -0.2) is 29.4 Å². The number of nitrogens with one attached hydrogen (secondary N) is 2. The molecule has 0 saturated carbocycles. The number of amides is 2. The Morgan fingerprint density at radius 1 is 0.968 bits per heavy atom. The summed E-state index contributed by atoms with van der Waals surface area (Å²) in [6.45, 7) is 0.0236. The van der Waals surface area contributed by atoms with Gasteiger partial charge in [-0.25, -0.2) is 13.6 Å². The number of anilines is 1. The molecule has 0 aliphatic heterocycles. The van der Waals surface area contributed by atoms with Gasteiger partial charge in [-0.3, -0.25) is 0 Å². The average Bonchev–Trinajstić information content (AvgIpc) is 2.73. The van der Waals surface area contributed by atoms with Crippen molar-refractivity contribution in [2.45, 2.75) is 6.18 Å². The lowest BCUT2D eigenvalue weighted by molar-refractivity contribution is -0.139. The molecule has 162 valence electrons. The Morgan fingerprint density at radius 2 is 1.71 bits per heavy atom. The third-order valence-electron chi connectivity index (χ3n) is 3.95. The van der Waals surface area contributed by atoms with Gasteiger partial charge < -0.3 is 15.4 Å². The zero-order valence-electron chi connectivity index (χ0n) is 15.7. The molecule has 0 saturated heterocycles. The Morgan fingerprint density at radius 3 is 2.35 bits per heavy atom. The molecule has 6 nitrogen and oxygen atoms in total. The number of urea groups is 1. The molecule has 2 amide bonds. The number of ether oxygens (including phenoxy) is 1. The van der Waals surface area contributed by atoms with Gasteiger partial charge in [0.25, 0.3) is 0 Å². The molecular formula is C20H15F5N4O2. The topological polar surface area (TPSA) is 76.1 Å². The van der Waals surface area contributed by atoms with Gasteiger partial charge in [-0.05, 0) is 48.5 Å². The first-order chi connectivity index (χ1) is 14.7. The predicted octanol–water partition coefficient (Wildman–Crippen LogP) is 4.64. The first-order valence-electron chi connectivity index (χ1n) is 8.86. The van der Waals surface area contributed by atoms with Gasteiger partial charge >= 0.3 is 12.2 Å². The van der Waals surface area contributed by atoms with E-state index in [1.165, 1.54) is 12.1 Å². The molecule has 0 radical (unpaired) electrons. The van der Waals surface area contributed by atoms with Gasteiger partial charge in [0, 0.05) is 17.3 Å². The second kappa shape index (κ2) is 9.37. The summed E-state index contributed by atoms with van der Waals surface area (Å²) in [5.74, 6) is -1.62. The second-order valence-corrected chi connectivity index (χ2v) is 6.19. The Labute approximate surface area is 173 Å². The molecule has 0 fully saturated rings. The van der Waals surface area contributed by atoms with E-state index in [0.717, 1.165) is 6.07 Å². The van der Waals surface area contributed by atoms with Gasteiger partial charge in [-0.15, -0.1) is 10.2 Å². The van der Waals surface area contributed by atoms with Gasteiger partial charge in [-0.2, -0.15) is 13.2 Å². The van der Waals surface area contributed by atoms with Crippen LogP contribution in [0.2, 0.25) is 0 Å². The average molecular weight is 438 g/mol. The number of hydrogen-bond donors (Lipinski definition) is 2. The van der Waals surface area contributed by atoms with Crippen LogP contribution in [0.4, 0.5) is 32.4 Å². The third kappa shape index (κ3) is 6.11. The van der Waals surface area contributed by atoms with E-state index in [1.54, 1.807) is 24.3 Å². The highest BCUT2D eigenvalue weighted by Gasteiger charge is 2.34. The maximum Gasteiger partial charge on any atom is 0.419 e. The minimum Gasteiger partial charge on any atom is -0.475 e. The standard InChI is InChI=1S/C20H15F5N4O2/c21-13-3-1-12(2-4-13)17-7-8-18(29-28-17)31-10-9-26-19(30)27-14-5-6-16(22)15(11-14)20(23,24)25/h1-8,11H,9-10H2,(H2,26,27,30). The lowest BCUT2D eigenvalue weighted by Crippen LogP contribution is -2.32. The molecule has 3 rings (SSSR count). The maximum absolute atomic E-state index is 13.3. The van der Waals surface area contributed by atoms with E-state index in [9.17, 15) is 26.7 Å². The summed E-state index contributed by atoms with van der Waals surface area (Å²) < 4.78 is 69.6. The largest absolute Gasteiger partial charge is 0.475 e. The summed E-state index contributed by atoms with van der Waals surface area (Å²) in [7, 11) is 0. The molecule has 0 aliphatic carbocycles. The van der Waals surface area contributed by atoms with Crippen molar-refractivity contribution >= 4 is 11.7 Å². The number of hydrogen-bond acceptors (Lipinski definition) is 4. The van der Waals surface area contributed by atoms with Gasteiger partial charge in [0.05, 0.1) is 17.8 Å². The van der Waals surface area contributed by atoms with Gasteiger partial charge in [0.15, 0.2) is 0 Å². The first kappa shape index (κ1) is 21.9. The quantitative estimate of drug-likeness (QED) is 0.434. The Kier molecular flexibility index (Phi) is 6.63. The number of alkyl halides is 3. The number of halogens is 5. The van der Waals surface area contributed by atoms with Crippen molar-refractivity contribution in [1.29, 1.82) is 0 Å². The number of carbonyl (C=O) groups excluding carboxylic acids is 1. The van der Waals surface area contributed by atoms with Crippen LogP contribution in [0.1, 0.15) is 5.56 Å². The molecule has 0 bridgehead atoms.